The maximum atomic E-state index is 11.1. The molecule has 1 aliphatic rings. The molecule has 1 heterocycles. The minimum Gasteiger partial charge on any atom is -0.366 e. The Morgan fingerprint density at radius 2 is 1.86 bits per heavy atom. The van der Waals surface area contributed by atoms with Crippen molar-refractivity contribution in [3.8, 4) is 0 Å². The van der Waals surface area contributed by atoms with Gasteiger partial charge in [-0.05, 0) is 43.0 Å². The molecule has 3 rings (SSSR count). The number of primary amides is 1. The fourth-order valence-electron chi connectivity index (χ4n) is 2.99. The second-order valence-electron chi connectivity index (χ2n) is 6.07. The summed E-state index contributed by atoms with van der Waals surface area (Å²) in [5, 5.41) is 0. The lowest BCUT2D eigenvalue weighted by atomic mass is 10.0. The summed E-state index contributed by atoms with van der Waals surface area (Å²) in [4.78, 5) is 13.6. The molecule has 3 heteroatoms. The normalized spacial score (nSPS) is 21.3. The molecule has 0 saturated carbocycles. The Bertz CT molecular complexity index is 636. The van der Waals surface area contributed by atoms with Crippen LogP contribution < -0.4 is 5.73 Å². The number of benzene rings is 2. The minimum absolute atomic E-state index is 0.366. The van der Waals surface area contributed by atoms with E-state index in [0.717, 1.165) is 19.4 Å². The third kappa shape index (κ3) is 3.37. The smallest absolute Gasteiger partial charge is 0.248 e. The predicted molar refractivity (Wildman–Crippen MR) is 88.6 cm³/mol. The van der Waals surface area contributed by atoms with E-state index in [1.54, 1.807) is 0 Å². The van der Waals surface area contributed by atoms with Gasteiger partial charge in [-0.3, -0.25) is 9.69 Å². The Morgan fingerprint density at radius 1 is 1.18 bits per heavy atom. The van der Waals surface area contributed by atoms with Crippen molar-refractivity contribution in [2.24, 2.45) is 5.73 Å². The van der Waals surface area contributed by atoms with E-state index in [4.69, 9.17) is 5.73 Å². The van der Waals surface area contributed by atoms with Crippen LogP contribution in [0.3, 0.4) is 0 Å². The zero-order valence-electron chi connectivity index (χ0n) is 12.9. The van der Waals surface area contributed by atoms with E-state index in [1.165, 1.54) is 11.1 Å². The third-order valence-electron chi connectivity index (χ3n) is 4.49. The molecule has 0 radical (unpaired) electrons. The molecule has 22 heavy (non-hydrogen) atoms. The molecule has 3 nitrogen and oxygen atoms in total. The summed E-state index contributed by atoms with van der Waals surface area (Å²) in [6, 6.07) is 19.5. The van der Waals surface area contributed by atoms with Gasteiger partial charge < -0.3 is 5.73 Å². The molecule has 3 unspecified atom stereocenters. The van der Waals surface area contributed by atoms with Crippen LogP contribution in [0, 0.1) is 0 Å². The highest BCUT2D eigenvalue weighted by molar-refractivity contribution is 5.92. The van der Waals surface area contributed by atoms with Crippen LogP contribution >= 0.6 is 0 Å². The number of aryl methyl sites for hydroxylation is 1. The Balaban J connectivity index is 1.51. The average molecular weight is 294 g/mol. The minimum atomic E-state index is -0.366. The number of carbonyl (C=O) groups excluding carboxylic acids is 1. The first-order chi connectivity index (χ1) is 10.6. The maximum Gasteiger partial charge on any atom is 0.248 e. The number of hydrogen-bond donors (Lipinski definition) is 1. The molecule has 2 aromatic rings. The molecule has 0 bridgehead atoms. The van der Waals surface area contributed by atoms with E-state index in [1.807, 2.05) is 24.3 Å². The average Bonchev–Trinajstić information content (AvgIpc) is 3.34. The first kappa shape index (κ1) is 14.8. The number of nitrogens with two attached hydrogens (primary N) is 1. The molecule has 3 atom stereocenters. The molecule has 1 aliphatic heterocycles. The SMILES string of the molecule is CC(CCc1ccc(C(N)=O)cc1)N1CC1c1ccccc1. The molecular formula is C19H22N2O. The fourth-order valence-corrected chi connectivity index (χ4v) is 2.99. The Kier molecular flexibility index (Phi) is 4.25. The van der Waals surface area contributed by atoms with E-state index in [9.17, 15) is 4.79 Å². The van der Waals surface area contributed by atoms with Gasteiger partial charge in [0.05, 0.1) is 0 Å². The molecule has 1 fully saturated rings. The number of hydrogen-bond acceptors (Lipinski definition) is 2. The topological polar surface area (TPSA) is 46.1 Å². The van der Waals surface area contributed by atoms with Crippen LogP contribution in [0.25, 0.3) is 0 Å². The lowest BCUT2D eigenvalue weighted by molar-refractivity contribution is 0.100. The summed E-state index contributed by atoms with van der Waals surface area (Å²) in [7, 11) is 0. The van der Waals surface area contributed by atoms with Gasteiger partial charge in [0.2, 0.25) is 5.91 Å². The summed E-state index contributed by atoms with van der Waals surface area (Å²) < 4.78 is 0. The quantitative estimate of drug-likeness (QED) is 0.832. The fraction of sp³-hybridized carbons (Fsp3) is 0.316. The van der Waals surface area contributed by atoms with Crippen molar-refractivity contribution in [3.63, 3.8) is 0 Å². The first-order valence-electron chi connectivity index (χ1n) is 7.84. The van der Waals surface area contributed by atoms with Crippen molar-refractivity contribution < 1.29 is 4.79 Å². The zero-order valence-corrected chi connectivity index (χ0v) is 12.9. The molecule has 0 aromatic heterocycles. The monoisotopic (exact) mass is 294 g/mol. The van der Waals surface area contributed by atoms with Crippen molar-refractivity contribution in [3.05, 3.63) is 71.3 Å². The standard InChI is InChI=1S/C19H22N2O/c1-14(21-13-18(21)16-5-3-2-4-6-16)7-8-15-9-11-17(12-10-15)19(20)22/h2-6,9-12,14,18H,7-8,13H2,1H3,(H2,20,22). The van der Waals surface area contributed by atoms with E-state index in [-0.39, 0.29) is 5.91 Å². The van der Waals surface area contributed by atoms with Crippen molar-refractivity contribution in [2.75, 3.05) is 6.54 Å². The van der Waals surface area contributed by atoms with Crippen molar-refractivity contribution in [1.29, 1.82) is 0 Å². The van der Waals surface area contributed by atoms with Crippen molar-refractivity contribution in [2.45, 2.75) is 31.8 Å². The Hall–Kier alpha value is -2.13. The van der Waals surface area contributed by atoms with E-state index < -0.39 is 0 Å². The van der Waals surface area contributed by atoms with Crippen molar-refractivity contribution in [1.82, 2.24) is 4.90 Å². The highest BCUT2D eigenvalue weighted by Gasteiger charge is 2.38. The number of nitrogens with zero attached hydrogens (tertiary/aromatic N) is 1. The second-order valence-corrected chi connectivity index (χ2v) is 6.07. The predicted octanol–water partition coefficient (Wildman–Crippen LogP) is 3.16. The number of rotatable bonds is 6. The largest absolute Gasteiger partial charge is 0.366 e. The molecule has 0 aliphatic carbocycles. The first-order valence-corrected chi connectivity index (χ1v) is 7.84. The maximum absolute atomic E-state index is 11.1. The third-order valence-corrected chi connectivity index (χ3v) is 4.49. The molecule has 1 saturated heterocycles. The zero-order chi connectivity index (χ0) is 15.5. The van der Waals surface area contributed by atoms with E-state index >= 15 is 0 Å². The highest BCUT2D eigenvalue weighted by Crippen LogP contribution is 2.37. The van der Waals surface area contributed by atoms with E-state index in [2.05, 4.69) is 42.2 Å². The summed E-state index contributed by atoms with van der Waals surface area (Å²) in [5.74, 6) is -0.366. The molecule has 2 aromatic carbocycles. The number of carbonyl (C=O) groups is 1. The van der Waals surface area contributed by atoms with Crippen LogP contribution in [0.2, 0.25) is 0 Å². The number of amides is 1. The van der Waals surface area contributed by atoms with Gasteiger partial charge in [0.15, 0.2) is 0 Å². The Morgan fingerprint density at radius 3 is 2.50 bits per heavy atom. The molecule has 2 N–H and O–H groups in total. The van der Waals surface area contributed by atoms with Crippen LogP contribution in [0.1, 0.15) is 40.9 Å². The van der Waals surface area contributed by atoms with Gasteiger partial charge in [0.1, 0.15) is 0 Å². The summed E-state index contributed by atoms with van der Waals surface area (Å²) in [5.41, 5.74) is 8.51. The van der Waals surface area contributed by atoms with Crippen molar-refractivity contribution >= 4 is 5.91 Å². The van der Waals surface area contributed by atoms with Crippen LogP contribution in [-0.4, -0.2) is 23.4 Å². The van der Waals surface area contributed by atoms with Gasteiger partial charge in [-0.2, -0.15) is 0 Å². The molecule has 114 valence electrons. The van der Waals surface area contributed by atoms with Gasteiger partial charge in [-0.1, -0.05) is 42.5 Å². The van der Waals surface area contributed by atoms with Gasteiger partial charge >= 0.3 is 0 Å². The lowest BCUT2D eigenvalue weighted by Gasteiger charge is -2.14. The van der Waals surface area contributed by atoms with Gasteiger partial charge in [0.25, 0.3) is 0 Å². The highest BCUT2D eigenvalue weighted by atomic mass is 16.1. The van der Waals surface area contributed by atoms with Crippen LogP contribution in [0.15, 0.2) is 54.6 Å². The van der Waals surface area contributed by atoms with Gasteiger partial charge in [-0.15, -0.1) is 0 Å². The van der Waals surface area contributed by atoms with Gasteiger partial charge in [0, 0.05) is 24.2 Å². The molecule has 1 amide bonds. The van der Waals surface area contributed by atoms with Gasteiger partial charge in [-0.25, -0.2) is 0 Å². The Labute approximate surface area is 131 Å². The van der Waals surface area contributed by atoms with Crippen LogP contribution in [0.4, 0.5) is 0 Å². The van der Waals surface area contributed by atoms with Crippen LogP contribution in [0.5, 0.6) is 0 Å². The molecular weight excluding hydrogens is 272 g/mol. The summed E-state index contributed by atoms with van der Waals surface area (Å²) in [6.45, 7) is 3.45. The van der Waals surface area contributed by atoms with Crippen LogP contribution in [-0.2, 0) is 6.42 Å². The second kappa shape index (κ2) is 6.32. The summed E-state index contributed by atoms with van der Waals surface area (Å²) in [6.07, 6.45) is 2.15. The lowest BCUT2D eigenvalue weighted by Crippen LogP contribution is -2.16. The summed E-state index contributed by atoms with van der Waals surface area (Å²) >= 11 is 0. The molecule has 0 spiro atoms. The van der Waals surface area contributed by atoms with E-state index in [0.29, 0.717) is 17.6 Å².